The molecule has 0 rings (SSSR count). The smallest absolute Gasteiger partial charge is 0.302 e. The Morgan fingerprint density at radius 3 is 2.40 bits per heavy atom. The summed E-state index contributed by atoms with van der Waals surface area (Å²) in [6.45, 7) is 4.28. The summed E-state index contributed by atoms with van der Waals surface area (Å²) in [6, 6.07) is 0. The molecule has 0 aromatic heterocycles. The van der Waals surface area contributed by atoms with E-state index in [2.05, 4.69) is 6.58 Å². The Kier molecular flexibility index (Phi) is 4.95. The maximum Gasteiger partial charge on any atom is 0.302 e. The van der Waals surface area contributed by atoms with Crippen molar-refractivity contribution in [1.82, 2.24) is 0 Å². The number of hydrogen-bond donors (Lipinski definition) is 3. The molecule has 0 fully saturated rings. The van der Waals surface area contributed by atoms with Gasteiger partial charge in [0.25, 0.3) is 0 Å². The lowest BCUT2D eigenvalue weighted by atomic mass is 10.3. The molecule has 7 heteroatoms. The zero-order chi connectivity index (χ0) is 12.1. The van der Waals surface area contributed by atoms with Crippen molar-refractivity contribution in [1.29, 1.82) is 0 Å². The third-order valence-corrected chi connectivity index (χ3v) is 2.67. The molecule has 0 saturated heterocycles. The number of hydrogen-bond acceptors (Lipinski definition) is 5. The van der Waals surface area contributed by atoms with Gasteiger partial charge < -0.3 is 14.9 Å². The highest BCUT2D eigenvalue weighted by molar-refractivity contribution is 7.87. The van der Waals surface area contributed by atoms with E-state index in [4.69, 9.17) is 14.4 Å². The maximum absolute atomic E-state index is 10.8. The summed E-state index contributed by atoms with van der Waals surface area (Å²) >= 11 is 0. The Morgan fingerprint density at radius 1 is 1.60 bits per heavy atom. The first-order chi connectivity index (χ1) is 6.80. The molecule has 1 unspecified atom stereocenters. The summed E-state index contributed by atoms with van der Waals surface area (Å²) in [5, 5.41) is 18.2. The van der Waals surface area contributed by atoms with Gasteiger partial charge in [-0.1, -0.05) is 6.58 Å². The molecule has 0 amide bonds. The van der Waals surface area contributed by atoms with Gasteiger partial charge in [0.15, 0.2) is 0 Å². The van der Waals surface area contributed by atoms with Gasteiger partial charge in [-0.3, -0.25) is 4.55 Å². The maximum atomic E-state index is 10.8. The molecule has 0 saturated carbocycles. The third kappa shape index (κ3) is 3.63. The Labute approximate surface area is 88.2 Å². The van der Waals surface area contributed by atoms with E-state index in [1.54, 1.807) is 6.92 Å². The van der Waals surface area contributed by atoms with Gasteiger partial charge in [-0.2, -0.15) is 8.42 Å². The van der Waals surface area contributed by atoms with Crippen molar-refractivity contribution in [3.05, 3.63) is 24.5 Å². The zero-order valence-electron chi connectivity index (χ0n) is 8.25. The molecule has 1 atom stereocenters. The second kappa shape index (κ2) is 5.26. The van der Waals surface area contributed by atoms with Gasteiger partial charge in [0.05, 0.1) is 6.61 Å². The molecule has 0 aliphatic heterocycles. The van der Waals surface area contributed by atoms with E-state index in [1.807, 2.05) is 0 Å². The number of aliphatic hydroxyl groups is 2. The first-order valence-corrected chi connectivity index (χ1v) is 5.53. The van der Waals surface area contributed by atoms with Crippen LogP contribution in [0.1, 0.15) is 6.92 Å². The van der Waals surface area contributed by atoms with Crippen LogP contribution in [0, 0.1) is 0 Å². The van der Waals surface area contributed by atoms with Crippen LogP contribution in [0.4, 0.5) is 0 Å². The van der Waals surface area contributed by atoms with Crippen LogP contribution in [0.3, 0.4) is 0 Å². The Hall–Kier alpha value is -0.890. The molecule has 0 radical (unpaired) electrons. The predicted molar refractivity (Wildman–Crippen MR) is 53.5 cm³/mol. The van der Waals surface area contributed by atoms with Gasteiger partial charge in [-0.05, 0) is 13.0 Å². The Bertz CT molecular complexity index is 344. The van der Waals surface area contributed by atoms with Crippen molar-refractivity contribution in [3.63, 3.8) is 0 Å². The van der Waals surface area contributed by atoms with Crippen molar-refractivity contribution >= 4 is 10.1 Å². The molecule has 88 valence electrons. The van der Waals surface area contributed by atoms with Crippen LogP contribution >= 0.6 is 0 Å². The quantitative estimate of drug-likeness (QED) is 0.332. The number of ether oxygens (including phenoxy) is 1. The van der Waals surface area contributed by atoms with Crippen LogP contribution in [-0.2, 0) is 14.9 Å². The van der Waals surface area contributed by atoms with Crippen LogP contribution in [0.5, 0.6) is 0 Å². The van der Waals surface area contributed by atoms with Crippen LogP contribution in [0.2, 0.25) is 0 Å². The van der Waals surface area contributed by atoms with Gasteiger partial charge in [-0.25, -0.2) is 0 Å². The molecule has 0 aromatic rings. The summed E-state index contributed by atoms with van der Waals surface area (Å²) in [5.41, 5.74) is 0. The highest BCUT2D eigenvalue weighted by atomic mass is 32.2. The average Bonchev–Trinajstić information content (AvgIpc) is 2.15. The normalized spacial score (nSPS) is 16.9. The van der Waals surface area contributed by atoms with E-state index in [0.717, 1.165) is 0 Å². The monoisotopic (exact) mass is 238 g/mol. The van der Waals surface area contributed by atoms with Gasteiger partial charge in [0, 0.05) is 6.08 Å². The summed E-state index contributed by atoms with van der Waals surface area (Å²) in [7, 11) is -4.77. The minimum absolute atomic E-state index is 0.169. The van der Waals surface area contributed by atoms with E-state index >= 15 is 0 Å². The fourth-order valence-electron chi connectivity index (χ4n) is 0.788. The molecule has 0 spiro atoms. The molecule has 0 aliphatic rings. The van der Waals surface area contributed by atoms with Crippen LogP contribution in [-0.4, -0.2) is 41.3 Å². The number of aliphatic hydroxyl groups excluding tert-OH is 1. The molecule has 0 bridgehead atoms. The molecular weight excluding hydrogens is 224 g/mol. The highest BCUT2D eigenvalue weighted by Crippen LogP contribution is 2.18. The SMILES string of the molecule is C=CC(O)(C=C(CO)OCC)S(=O)(=O)O. The minimum Gasteiger partial charge on any atom is -0.496 e. The van der Waals surface area contributed by atoms with Crippen LogP contribution in [0.25, 0.3) is 0 Å². The lowest BCUT2D eigenvalue weighted by Crippen LogP contribution is -2.34. The van der Waals surface area contributed by atoms with Crippen molar-refractivity contribution < 1.29 is 27.9 Å². The second-order valence-corrected chi connectivity index (χ2v) is 4.24. The summed E-state index contributed by atoms with van der Waals surface area (Å²) in [5.74, 6) is -0.169. The van der Waals surface area contributed by atoms with E-state index in [1.165, 1.54) is 0 Å². The van der Waals surface area contributed by atoms with Crippen LogP contribution in [0.15, 0.2) is 24.5 Å². The fraction of sp³-hybridized carbons (Fsp3) is 0.500. The van der Waals surface area contributed by atoms with Gasteiger partial charge in [0.2, 0.25) is 4.93 Å². The highest BCUT2D eigenvalue weighted by Gasteiger charge is 2.36. The topological polar surface area (TPSA) is 104 Å². The molecule has 6 nitrogen and oxygen atoms in total. The first-order valence-electron chi connectivity index (χ1n) is 4.09. The average molecular weight is 238 g/mol. The standard InChI is InChI=1S/C8H14O6S/c1-3-8(10,15(11,12)13)5-7(6-9)14-4-2/h3,5,9-10H,1,4,6H2,2H3,(H,11,12,13). The summed E-state index contributed by atoms with van der Waals surface area (Å²) < 4.78 is 35.1. The van der Waals surface area contributed by atoms with Gasteiger partial charge in [0.1, 0.15) is 12.4 Å². The Balaban J connectivity index is 5.23. The van der Waals surface area contributed by atoms with E-state index in [9.17, 15) is 13.5 Å². The fourth-order valence-corrected chi connectivity index (χ4v) is 1.28. The van der Waals surface area contributed by atoms with Crippen LogP contribution < -0.4 is 0 Å². The van der Waals surface area contributed by atoms with Crippen molar-refractivity contribution in [2.45, 2.75) is 11.9 Å². The van der Waals surface area contributed by atoms with Crippen molar-refractivity contribution in [2.75, 3.05) is 13.2 Å². The lowest BCUT2D eigenvalue weighted by Gasteiger charge is -2.17. The molecular formula is C8H14O6S. The predicted octanol–water partition coefficient (Wildman–Crippen LogP) is -0.339. The molecule has 0 heterocycles. The molecule has 0 aromatic carbocycles. The van der Waals surface area contributed by atoms with Crippen molar-refractivity contribution in [3.8, 4) is 0 Å². The molecule has 3 N–H and O–H groups in total. The first kappa shape index (κ1) is 14.1. The Morgan fingerprint density at radius 2 is 2.13 bits per heavy atom. The van der Waals surface area contributed by atoms with Crippen molar-refractivity contribution in [2.24, 2.45) is 0 Å². The van der Waals surface area contributed by atoms with E-state index in [0.29, 0.717) is 12.2 Å². The van der Waals surface area contributed by atoms with E-state index in [-0.39, 0.29) is 12.4 Å². The minimum atomic E-state index is -4.77. The van der Waals surface area contributed by atoms with Gasteiger partial charge >= 0.3 is 10.1 Å². The second-order valence-electron chi connectivity index (χ2n) is 2.63. The number of rotatable bonds is 6. The van der Waals surface area contributed by atoms with E-state index < -0.39 is 21.7 Å². The zero-order valence-corrected chi connectivity index (χ0v) is 9.07. The summed E-state index contributed by atoms with van der Waals surface area (Å²) in [4.78, 5) is -2.65. The molecule has 0 aliphatic carbocycles. The van der Waals surface area contributed by atoms with Gasteiger partial charge in [-0.15, -0.1) is 0 Å². The lowest BCUT2D eigenvalue weighted by molar-refractivity contribution is 0.154. The summed E-state index contributed by atoms with van der Waals surface area (Å²) in [6.07, 6.45) is 1.30. The third-order valence-electron chi connectivity index (χ3n) is 1.56. The largest absolute Gasteiger partial charge is 0.496 e. The molecule has 15 heavy (non-hydrogen) atoms.